The minimum absolute atomic E-state index is 0. The molecule has 0 aromatic carbocycles. The van der Waals surface area contributed by atoms with E-state index in [-0.39, 0.29) is 12.3 Å². The van der Waals surface area contributed by atoms with E-state index in [9.17, 15) is 4.89 Å². The van der Waals surface area contributed by atoms with Crippen LogP contribution in [-0.4, -0.2) is 16.2 Å². The van der Waals surface area contributed by atoms with Crippen molar-refractivity contribution in [2.75, 3.05) is 0 Å². The maximum atomic E-state index is 9.78. The molecule has 0 saturated heterocycles. The molecule has 0 aliphatic heterocycles. The van der Waals surface area contributed by atoms with Crippen LogP contribution in [0.15, 0.2) is 0 Å². The van der Waals surface area contributed by atoms with Crippen molar-refractivity contribution in [3.63, 3.8) is 0 Å². The number of hydrogen-bond donors (Lipinski definition) is 2. The van der Waals surface area contributed by atoms with Gasteiger partial charge in [-0.3, -0.25) is 0 Å². The largest absolute Gasteiger partial charge is 0.344 e. The molecule has 0 aromatic rings. The van der Waals surface area contributed by atoms with Gasteiger partial charge in [-0.25, -0.2) is 0 Å². The van der Waals surface area contributed by atoms with Crippen LogP contribution in [0.1, 0.15) is 40.5 Å². The Bertz CT molecular complexity index is 176. The molecule has 3 nitrogen and oxygen atoms in total. The smallest absolute Gasteiger partial charge is 0.245 e. The quantitative estimate of drug-likeness (QED) is 0.712. The third-order valence-electron chi connectivity index (χ3n) is 1.78. The van der Waals surface area contributed by atoms with Crippen molar-refractivity contribution in [1.82, 2.24) is 6.15 Å². The Hall–Kier alpha value is 0.880. The van der Waals surface area contributed by atoms with E-state index < -0.39 is 5.69 Å². The minimum atomic E-state index is -2.59. The van der Waals surface area contributed by atoms with Crippen molar-refractivity contribution in [1.29, 1.82) is 0 Å². The molecule has 0 aromatic heterocycles. The van der Waals surface area contributed by atoms with Crippen LogP contribution in [0.2, 0.25) is 0 Å². The molecule has 0 fully saturated rings. The zero-order valence-electron chi connectivity index (χ0n) is 9.40. The summed E-state index contributed by atoms with van der Waals surface area (Å²) in [5, 5.41) is 0.375. The average molecular weight is 259 g/mol. The predicted octanol–water partition coefficient (Wildman–Crippen LogP) is 3.71. The van der Waals surface area contributed by atoms with Crippen molar-refractivity contribution >= 4 is 28.9 Å². The lowest BCUT2D eigenvalue weighted by atomic mass is 10.3. The minimum Gasteiger partial charge on any atom is -0.344 e. The van der Waals surface area contributed by atoms with Crippen molar-refractivity contribution in [2.45, 2.75) is 51.9 Å². The van der Waals surface area contributed by atoms with Crippen LogP contribution in [-0.2, 0) is 16.3 Å². The fraction of sp³-hybridized carbons (Fsp3) is 1.00. The van der Waals surface area contributed by atoms with Gasteiger partial charge in [0.05, 0.1) is 6.10 Å². The van der Waals surface area contributed by atoms with Gasteiger partial charge in [-0.15, -0.1) is 0 Å². The molecule has 0 rings (SSSR count). The number of hydrogen-bond acceptors (Lipinski definition) is 4. The molecular formula is C8H22NO2PS2. The predicted molar refractivity (Wildman–Crippen MR) is 69.7 cm³/mol. The molecule has 0 aliphatic carbocycles. The van der Waals surface area contributed by atoms with Crippen LogP contribution < -0.4 is 6.15 Å². The highest BCUT2D eigenvalue weighted by Crippen LogP contribution is 2.59. The SMILES string of the molecule is CCC(C)OP(O)(=S)SC(C)CC.N. The summed E-state index contributed by atoms with van der Waals surface area (Å²) >= 11 is 6.44. The Labute approximate surface area is 96.5 Å². The maximum Gasteiger partial charge on any atom is 0.245 e. The van der Waals surface area contributed by atoms with E-state index in [1.807, 2.05) is 13.8 Å². The van der Waals surface area contributed by atoms with Crippen molar-refractivity contribution < 1.29 is 9.42 Å². The molecule has 0 amide bonds. The van der Waals surface area contributed by atoms with E-state index in [1.54, 1.807) is 0 Å². The normalized spacial score (nSPS) is 19.2. The molecule has 0 spiro atoms. The van der Waals surface area contributed by atoms with Gasteiger partial charge in [0.1, 0.15) is 0 Å². The Morgan fingerprint density at radius 1 is 1.36 bits per heavy atom. The van der Waals surface area contributed by atoms with Crippen molar-refractivity contribution in [2.24, 2.45) is 0 Å². The molecule has 3 unspecified atom stereocenters. The third kappa shape index (κ3) is 8.21. The van der Waals surface area contributed by atoms with Gasteiger partial charge in [0.15, 0.2) is 0 Å². The summed E-state index contributed by atoms with van der Waals surface area (Å²) in [4.78, 5) is 9.78. The highest BCUT2D eigenvalue weighted by molar-refractivity contribution is 8.67. The number of rotatable bonds is 6. The first-order valence-electron chi connectivity index (χ1n) is 4.60. The Kier molecular flexibility index (Phi) is 9.97. The van der Waals surface area contributed by atoms with E-state index in [2.05, 4.69) is 13.8 Å². The maximum absolute atomic E-state index is 9.78. The van der Waals surface area contributed by atoms with E-state index in [0.717, 1.165) is 12.8 Å². The average Bonchev–Trinajstić information content (AvgIpc) is 2.02. The second kappa shape index (κ2) is 8.08. The first-order chi connectivity index (χ1) is 5.91. The summed E-state index contributed by atoms with van der Waals surface area (Å²) in [6.07, 6.45) is 1.96. The summed E-state index contributed by atoms with van der Waals surface area (Å²) in [5.41, 5.74) is -2.59. The van der Waals surface area contributed by atoms with Gasteiger partial charge in [0, 0.05) is 5.25 Å². The fourth-order valence-corrected chi connectivity index (χ4v) is 6.05. The zero-order valence-corrected chi connectivity index (χ0v) is 11.9. The van der Waals surface area contributed by atoms with Crippen LogP contribution in [0.5, 0.6) is 0 Å². The van der Waals surface area contributed by atoms with Crippen LogP contribution >= 0.6 is 17.1 Å². The molecule has 0 heterocycles. The molecule has 0 radical (unpaired) electrons. The molecule has 14 heavy (non-hydrogen) atoms. The van der Waals surface area contributed by atoms with Gasteiger partial charge in [-0.2, -0.15) is 0 Å². The lowest BCUT2D eigenvalue weighted by Crippen LogP contribution is -2.04. The summed E-state index contributed by atoms with van der Waals surface area (Å²) < 4.78 is 5.40. The molecule has 0 bridgehead atoms. The van der Waals surface area contributed by atoms with Crippen molar-refractivity contribution in [3.05, 3.63) is 0 Å². The summed E-state index contributed by atoms with van der Waals surface area (Å²) in [5.74, 6) is 0. The Balaban J connectivity index is 0. The molecule has 4 N–H and O–H groups in total. The molecule has 0 saturated carbocycles. The van der Waals surface area contributed by atoms with Crippen LogP contribution in [0.25, 0.3) is 0 Å². The molecule has 88 valence electrons. The molecule has 3 atom stereocenters. The van der Waals surface area contributed by atoms with Gasteiger partial charge in [-0.1, -0.05) is 32.2 Å². The van der Waals surface area contributed by atoms with Gasteiger partial charge in [0.2, 0.25) is 5.69 Å². The van der Waals surface area contributed by atoms with Crippen LogP contribution in [0.3, 0.4) is 0 Å². The summed E-state index contributed by atoms with van der Waals surface area (Å²) in [6, 6.07) is 0. The highest BCUT2D eigenvalue weighted by atomic mass is 32.9. The van der Waals surface area contributed by atoms with Gasteiger partial charge in [-0.05, 0) is 31.6 Å². The van der Waals surface area contributed by atoms with Gasteiger partial charge >= 0.3 is 0 Å². The van der Waals surface area contributed by atoms with Gasteiger partial charge < -0.3 is 15.6 Å². The zero-order chi connectivity index (χ0) is 10.5. The topological polar surface area (TPSA) is 64.5 Å². The molecule has 6 heteroatoms. The monoisotopic (exact) mass is 259 g/mol. The first kappa shape index (κ1) is 17.3. The lowest BCUT2D eigenvalue weighted by Gasteiger charge is -2.21. The van der Waals surface area contributed by atoms with Crippen LogP contribution in [0.4, 0.5) is 0 Å². The first-order valence-corrected chi connectivity index (χ1v) is 8.76. The standard InChI is InChI=1S/C8H19O2PS2.H3N/c1-5-7(3)10-11(9,12)13-8(4)6-2;/h7-8H,5-6H2,1-4H3,(H,9,12);1H3. The second-order valence-corrected chi connectivity index (χ2v) is 9.58. The van der Waals surface area contributed by atoms with E-state index in [4.69, 9.17) is 16.3 Å². The lowest BCUT2D eigenvalue weighted by molar-refractivity contribution is 0.224. The molecule has 0 aliphatic rings. The fourth-order valence-electron chi connectivity index (χ4n) is 0.629. The Morgan fingerprint density at radius 2 is 1.86 bits per heavy atom. The third-order valence-corrected chi connectivity index (χ3v) is 6.53. The van der Waals surface area contributed by atoms with E-state index >= 15 is 0 Å². The van der Waals surface area contributed by atoms with E-state index in [0.29, 0.717) is 5.25 Å². The second-order valence-electron chi connectivity index (χ2n) is 3.12. The van der Waals surface area contributed by atoms with Gasteiger partial charge in [0.25, 0.3) is 0 Å². The Morgan fingerprint density at radius 3 is 2.21 bits per heavy atom. The highest BCUT2D eigenvalue weighted by Gasteiger charge is 2.20. The molecular weight excluding hydrogens is 237 g/mol. The van der Waals surface area contributed by atoms with Crippen LogP contribution in [0, 0.1) is 0 Å². The van der Waals surface area contributed by atoms with Crippen molar-refractivity contribution in [3.8, 4) is 0 Å². The summed E-state index contributed by atoms with van der Waals surface area (Å²) in [7, 11) is 0. The summed E-state index contributed by atoms with van der Waals surface area (Å²) in [6.45, 7) is 8.10. The van der Waals surface area contributed by atoms with E-state index in [1.165, 1.54) is 11.4 Å².